The van der Waals surface area contributed by atoms with Crippen molar-refractivity contribution in [2.24, 2.45) is 0 Å². The molecule has 0 saturated heterocycles. The van der Waals surface area contributed by atoms with E-state index in [1.54, 1.807) is 0 Å². The van der Waals surface area contributed by atoms with E-state index in [4.69, 9.17) is 11.6 Å². The molecule has 0 saturated carbocycles. The van der Waals surface area contributed by atoms with Crippen LogP contribution in [0, 0.1) is 0 Å². The van der Waals surface area contributed by atoms with E-state index >= 15 is 0 Å². The van der Waals surface area contributed by atoms with Crippen molar-refractivity contribution in [2.45, 2.75) is 19.8 Å². The molecule has 0 unspecified atom stereocenters. The minimum absolute atomic E-state index is 0.759. The molecule has 0 aliphatic heterocycles. The van der Waals surface area contributed by atoms with Crippen molar-refractivity contribution in [1.82, 2.24) is 4.98 Å². The fourth-order valence-corrected chi connectivity index (χ4v) is 1.94. The molecule has 2 rings (SSSR count). The number of rotatable bonds is 4. The summed E-state index contributed by atoms with van der Waals surface area (Å²) >= 11 is 5.93. The molecule has 1 nitrogen and oxygen atoms in total. The third-order valence-electron chi connectivity index (χ3n) is 2.73. The molecule has 0 aliphatic rings. The van der Waals surface area contributed by atoms with Crippen molar-refractivity contribution >= 4 is 17.2 Å². The Hall–Kier alpha value is -1.60. The number of allylic oxidation sites excluding steroid dienone is 1. The van der Waals surface area contributed by atoms with Crippen LogP contribution < -0.4 is 0 Å². The van der Waals surface area contributed by atoms with Gasteiger partial charge >= 0.3 is 0 Å². The van der Waals surface area contributed by atoms with Gasteiger partial charge in [0.05, 0.1) is 5.69 Å². The molecule has 0 radical (unpaired) electrons. The molecule has 0 bridgehead atoms. The van der Waals surface area contributed by atoms with E-state index in [-0.39, 0.29) is 0 Å². The summed E-state index contributed by atoms with van der Waals surface area (Å²) in [5.41, 5.74) is 3.34. The van der Waals surface area contributed by atoms with Crippen molar-refractivity contribution in [3.05, 3.63) is 71.0 Å². The molecule has 0 spiro atoms. The summed E-state index contributed by atoms with van der Waals surface area (Å²) < 4.78 is 0. The van der Waals surface area contributed by atoms with Crippen LogP contribution in [0.25, 0.3) is 5.57 Å². The lowest BCUT2D eigenvalue weighted by Crippen LogP contribution is -1.91. The Kier molecular flexibility index (Phi) is 4.54. The number of hydrogen-bond donors (Lipinski definition) is 0. The smallest absolute Gasteiger partial charge is 0.0704 e. The monoisotopic (exact) mass is 257 g/mol. The fourth-order valence-electron chi connectivity index (χ4n) is 1.81. The maximum atomic E-state index is 5.93. The van der Waals surface area contributed by atoms with Gasteiger partial charge in [-0.3, -0.25) is 4.98 Å². The molecular weight excluding hydrogens is 242 g/mol. The molecular formula is C16H16ClN. The SMILES string of the molecule is CCCC=C(c1ccc(Cl)cc1)c1ccccn1. The Bertz CT molecular complexity index is 515. The number of nitrogens with zero attached hydrogens (tertiary/aromatic N) is 1. The minimum atomic E-state index is 0.759. The van der Waals surface area contributed by atoms with Gasteiger partial charge in [-0.2, -0.15) is 0 Å². The molecule has 18 heavy (non-hydrogen) atoms. The lowest BCUT2D eigenvalue weighted by molar-refractivity contribution is 0.959. The van der Waals surface area contributed by atoms with Gasteiger partial charge in [-0.25, -0.2) is 0 Å². The zero-order chi connectivity index (χ0) is 12.8. The van der Waals surface area contributed by atoms with Gasteiger partial charge < -0.3 is 0 Å². The van der Waals surface area contributed by atoms with E-state index in [1.807, 2.05) is 48.7 Å². The van der Waals surface area contributed by atoms with E-state index in [1.165, 1.54) is 5.57 Å². The van der Waals surface area contributed by atoms with Crippen molar-refractivity contribution in [3.63, 3.8) is 0 Å². The summed E-state index contributed by atoms with van der Waals surface area (Å²) in [4.78, 5) is 4.43. The van der Waals surface area contributed by atoms with Crippen LogP contribution in [-0.4, -0.2) is 4.98 Å². The Morgan fingerprint density at radius 3 is 2.56 bits per heavy atom. The van der Waals surface area contributed by atoms with E-state index in [0.717, 1.165) is 29.1 Å². The summed E-state index contributed by atoms with van der Waals surface area (Å²) in [6, 6.07) is 13.9. The Balaban J connectivity index is 2.40. The Morgan fingerprint density at radius 2 is 1.94 bits per heavy atom. The molecule has 2 heteroatoms. The van der Waals surface area contributed by atoms with E-state index < -0.39 is 0 Å². The van der Waals surface area contributed by atoms with Crippen molar-refractivity contribution in [1.29, 1.82) is 0 Å². The molecule has 1 aromatic carbocycles. The first-order chi connectivity index (χ1) is 8.81. The summed E-state index contributed by atoms with van der Waals surface area (Å²) in [7, 11) is 0. The predicted molar refractivity (Wildman–Crippen MR) is 77.7 cm³/mol. The third-order valence-corrected chi connectivity index (χ3v) is 2.99. The van der Waals surface area contributed by atoms with Gasteiger partial charge in [0.1, 0.15) is 0 Å². The number of hydrogen-bond acceptors (Lipinski definition) is 1. The van der Waals surface area contributed by atoms with Crippen LogP contribution in [0.4, 0.5) is 0 Å². The molecule has 92 valence electrons. The van der Waals surface area contributed by atoms with Gasteiger partial charge in [0.15, 0.2) is 0 Å². The highest BCUT2D eigenvalue weighted by Gasteiger charge is 2.05. The van der Waals surface area contributed by atoms with Crippen LogP contribution in [0.1, 0.15) is 31.0 Å². The van der Waals surface area contributed by atoms with Gasteiger partial charge in [-0.05, 0) is 36.2 Å². The fraction of sp³-hybridized carbons (Fsp3) is 0.188. The predicted octanol–water partition coefficient (Wildman–Crippen LogP) is 4.97. The summed E-state index contributed by atoms with van der Waals surface area (Å²) in [5.74, 6) is 0. The Labute approximate surface area is 113 Å². The zero-order valence-corrected chi connectivity index (χ0v) is 11.2. The van der Waals surface area contributed by atoms with Crippen LogP contribution in [0.15, 0.2) is 54.7 Å². The van der Waals surface area contributed by atoms with Crippen LogP contribution in [0.2, 0.25) is 5.02 Å². The summed E-state index contributed by atoms with van der Waals surface area (Å²) in [5, 5.41) is 0.759. The number of benzene rings is 1. The standard InChI is InChI=1S/C16H16ClN/c1-2-3-6-15(16-7-4-5-12-18-16)13-8-10-14(17)11-9-13/h4-12H,2-3H2,1H3. The normalized spacial score (nSPS) is 11.6. The third kappa shape index (κ3) is 3.21. The quantitative estimate of drug-likeness (QED) is 0.754. The molecule has 1 heterocycles. The Morgan fingerprint density at radius 1 is 1.17 bits per heavy atom. The van der Waals surface area contributed by atoms with Crippen molar-refractivity contribution in [3.8, 4) is 0 Å². The number of aromatic nitrogens is 1. The van der Waals surface area contributed by atoms with Crippen LogP contribution >= 0.6 is 11.6 Å². The van der Waals surface area contributed by atoms with Gasteiger partial charge in [0.25, 0.3) is 0 Å². The first-order valence-electron chi connectivity index (χ1n) is 6.18. The zero-order valence-electron chi connectivity index (χ0n) is 10.4. The molecule has 2 aromatic rings. The number of unbranched alkanes of at least 4 members (excludes halogenated alkanes) is 1. The van der Waals surface area contributed by atoms with E-state index in [9.17, 15) is 0 Å². The topological polar surface area (TPSA) is 12.9 Å². The molecule has 1 aromatic heterocycles. The average molecular weight is 258 g/mol. The molecule has 0 atom stereocenters. The average Bonchev–Trinajstić information content (AvgIpc) is 2.42. The van der Waals surface area contributed by atoms with Crippen LogP contribution in [0.5, 0.6) is 0 Å². The maximum Gasteiger partial charge on any atom is 0.0704 e. The van der Waals surface area contributed by atoms with Gasteiger partial charge in [0.2, 0.25) is 0 Å². The second kappa shape index (κ2) is 6.36. The molecule has 0 N–H and O–H groups in total. The highest BCUT2D eigenvalue weighted by atomic mass is 35.5. The van der Waals surface area contributed by atoms with Crippen LogP contribution in [0.3, 0.4) is 0 Å². The molecule has 0 amide bonds. The second-order valence-corrected chi connectivity index (χ2v) is 4.56. The van der Waals surface area contributed by atoms with E-state index in [0.29, 0.717) is 0 Å². The summed E-state index contributed by atoms with van der Waals surface area (Å²) in [6.45, 7) is 2.18. The summed E-state index contributed by atoms with van der Waals surface area (Å²) in [6.07, 6.45) is 6.25. The highest BCUT2D eigenvalue weighted by Crippen LogP contribution is 2.24. The molecule has 0 aliphatic carbocycles. The van der Waals surface area contributed by atoms with Crippen molar-refractivity contribution < 1.29 is 0 Å². The lowest BCUT2D eigenvalue weighted by atomic mass is 10.0. The number of halogens is 1. The van der Waals surface area contributed by atoms with E-state index in [2.05, 4.69) is 18.0 Å². The first kappa shape index (κ1) is 12.8. The lowest BCUT2D eigenvalue weighted by Gasteiger charge is -2.07. The van der Waals surface area contributed by atoms with Gasteiger partial charge in [-0.1, -0.05) is 49.2 Å². The van der Waals surface area contributed by atoms with Gasteiger partial charge in [-0.15, -0.1) is 0 Å². The van der Waals surface area contributed by atoms with Crippen LogP contribution in [-0.2, 0) is 0 Å². The molecule has 0 fully saturated rings. The minimum Gasteiger partial charge on any atom is -0.256 e. The van der Waals surface area contributed by atoms with Crippen molar-refractivity contribution in [2.75, 3.05) is 0 Å². The highest BCUT2D eigenvalue weighted by molar-refractivity contribution is 6.30. The number of pyridine rings is 1. The maximum absolute atomic E-state index is 5.93. The first-order valence-corrected chi connectivity index (χ1v) is 6.56. The van der Waals surface area contributed by atoms with Gasteiger partial charge in [0, 0.05) is 16.8 Å². The second-order valence-electron chi connectivity index (χ2n) is 4.13. The largest absolute Gasteiger partial charge is 0.256 e.